The molecule has 5 heteroatoms. The molecule has 0 bridgehead atoms. The summed E-state index contributed by atoms with van der Waals surface area (Å²) in [5, 5.41) is 13.6. The third kappa shape index (κ3) is 1.71. The summed E-state index contributed by atoms with van der Waals surface area (Å²) >= 11 is 0. The number of fused-ring (bicyclic) bond motifs is 3. The average Bonchev–Trinajstić information content (AvgIpc) is 2.51. The molecule has 1 aromatic rings. The summed E-state index contributed by atoms with van der Waals surface area (Å²) in [6.07, 6.45) is 7.08. The number of rotatable bonds is 0. The second-order valence-electron chi connectivity index (χ2n) is 4.57. The van der Waals surface area contributed by atoms with E-state index in [1.54, 1.807) is 12.3 Å². The molecule has 90 valence electrons. The Morgan fingerprint density at radius 3 is 3.06 bits per heavy atom. The van der Waals surface area contributed by atoms with Crippen LogP contribution in [0.2, 0.25) is 0 Å². The van der Waals surface area contributed by atoms with Crippen LogP contribution in [0.3, 0.4) is 0 Å². The van der Waals surface area contributed by atoms with Crippen molar-refractivity contribution >= 4 is 12.2 Å². The molecule has 0 spiro atoms. The summed E-state index contributed by atoms with van der Waals surface area (Å²) in [6, 6.07) is 0. The highest BCUT2D eigenvalue weighted by atomic mass is 16.4. The molecular formula is C12H15N3O2. The second kappa shape index (κ2) is 3.91. The van der Waals surface area contributed by atoms with Crippen molar-refractivity contribution in [2.24, 2.45) is 0 Å². The van der Waals surface area contributed by atoms with E-state index in [1.807, 2.05) is 0 Å². The maximum atomic E-state index is 11.0. The highest BCUT2D eigenvalue weighted by molar-refractivity contribution is 5.70. The van der Waals surface area contributed by atoms with Gasteiger partial charge in [-0.2, -0.15) is 5.10 Å². The van der Waals surface area contributed by atoms with Gasteiger partial charge in [0.1, 0.15) is 0 Å². The lowest BCUT2D eigenvalue weighted by molar-refractivity contribution is 0.160. The first kappa shape index (κ1) is 10.4. The molecule has 1 amide bonds. The van der Waals surface area contributed by atoms with Gasteiger partial charge in [0.15, 0.2) is 0 Å². The molecule has 0 saturated heterocycles. The van der Waals surface area contributed by atoms with Crippen molar-refractivity contribution in [2.45, 2.75) is 38.8 Å². The monoisotopic (exact) mass is 233 g/mol. The highest BCUT2D eigenvalue weighted by Crippen LogP contribution is 2.26. The lowest BCUT2D eigenvalue weighted by atomic mass is 10.1. The fourth-order valence-corrected chi connectivity index (χ4v) is 2.57. The van der Waals surface area contributed by atoms with Crippen molar-refractivity contribution < 1.29 is 9.90 Å². The normalized spacial score (nSPS) is 18.5. The maximum Gasteiger partial charge on any atom is 0.411 e. The molecule has 17 heavy (non-hydrogen) atoms. The van der Waals surface area contributed by atoms with E-state index in [4.69, 9.17) is 5.11 Å². The number of aromatic nitrogens is 2. The Labute approximate surface area is 99.3 Å². The van der Waals surface area contributed by atoms with Crippen LogP contribution in [0.1, 0.15) is 36.2 Å². The van der Waals surface area contributed by atoms with Crippen molar-refractivity contribution in [3.63, 3.8) is 0 Å². The van der Waals surface area contributed by atoms with Gasteiger partial charge < -0.3 is 5.11 Å². The number of amides is 1. The molecule has 0 fully saturated rings. The molecule has 3 heterocycles. The number of aryl methyl sites for hydroxylation is 1. The summed E-state index contributed by atoms with van der Waals surface area (Å²) in [6.45, 7) is 1.40. The third-order valence-corrected chi connectivity index (χ3v) is 3.47. The Bertz CT molecular complexity index is 490. The molecule has 0 radical (unpaired) electrons. The van der Waals surface area contributed by atoms with Crippen LogP contribution in [0.4, 0.5) is 4.79 Å². The van der Waals surface area contributed by atoms with E-state index in [0.717, 1.165) is 24.2 Å². The van der Waals surface area contributed by atoms with E-state index in [2.05, 4.69) is 9.78 Å². The van der Waals surface area contributed by atoms with Crippen LogP contribution in [-0.4, -0.2) is 25.9 Å². The second-order valence-corrected chi connectivity index (χ2v) is 4.57. The Balaban J connectivity index is 1.99. The Morgan fingerprint density at radius 2 is 2.24 bits per heavy atom. The highest BCUT2D eigenvalue weighted by Gasteiger charge is 2.24. The zero-order valence-corrected chi connectivity index (χ0v) is 9.59. The Hall–Kier alpha value is -1.78. The van der Waals surface area contributed by atoms with Crippen molar-refractivity contribution in [1.82, 2.24) is 14.7 Å². The first-order chi connectivity index (χ1) is 8.25. The van der Waals surface area contributed by atoms with E-state index >= 15 is 0 Å². The number of hydrogen-bond acceptors (Lipinski definition) is 2. The number of nitrogens with zero attached hydrogens (tertiary/aromatic N) is 3. The standard InChI is InChI=1S/C12H15N3O2/c16-12(17)14-7-5-10-9(8-14)11-4-2-1-3-6-15(11)13-10/h5,7H,1-4,6,8H2,(H,16,17). The van der Waals surface area contributed by atoms with E-state index in [0.29, 0.717) is 6.54 Å². The van der Waals surface area contributed by atoms with Gasteiger partial charge in [0.25, 0.3) is 0 Å². The largest absolute Gasteiger partial charge is 0.465 e. The van der Waals surface area contributed by atoms with Crippen LogP contribution < -0.4 is 0 Å². The predicted octanol–water partition coefficient (Wildman–Crippen LogP) is 2.07. The number of carboxylic acid groups (broad SMARTS) is 1. The topological polar surface area (TPSA) is 58.4 Å². The van der Waals surface area contributed by atoms with Crippen LogP contribution in [-0.2, 0) is 19.5 Å². The van der Waals surface area contributed by atoms with Gasteiger partial charge >= 0.3 is 6.09 Å². The first-order valence-corrected chi connectivity index (χ1v) is 6.02. The third-order valence-electron chi connectivity index (χ3n) is 3.47. The van der Waals surface area contributed by atoms with Crippen LogP contribution in [0.5, 0.6) is 0 Å². The first-order valence-electron chi connectivity index (χ1n) is 6.02. The lowest BCUT2D eigenvalue weighted by Gasteiger charge is -2.18. The fourth-order valence-electron chi connectivity index (χ4n) is 2.57. The molecule has 5 nitrogen and oxygen atoms in total. The number of hydrogen-bond donors (Lipinski definition) is 1. The van der Waals surface area contributed by atoms with Gasteiger partial charge in [-0.15, -0.1) is 0 Å². The predicted molar refractivity (Wildman–Crippen MR) is 62.4 cm³/mol. The quantitative estimate of drug-likeness (QED) is 0.746. The molecule has 2 aliphatic rings. The van der Waals surface area contributed by atoms with Crippen LogP contribution in [0.15, 0.2) is 6.20 Å². The van der Waals surface area contributed by atoms with Crippen LogP contribution in [0, 0.1) is 0 Å². The smallest absolute Gasteiger partial charge is 0.411 e. The average molecular weight is 233 g/mol. The van der Waals surface area contributed by atoms with E-state index in [9.17, 15) is 4.79 Å². The minimum Gasteiger partial charge on any atom is -0.465 e. The molecular weight excluding hydrogens is 218 g/mol. The van der Waals surface area contributed by atoms with Gasteiger partial charge in [-0.1, -0.05) is 6.42 Å². The molecule has 3 rings (SSSR count). The van der Waals surface area contributed by atoms with Gasteiger partial charge in [-0.3, -0.25) is 9.58 Å². The Kier molecular flexibility index (Phi) is 2.39. The summed E-state index contributed by atoms with van der Waals surface area (Å²) in [7, 11) is 0. The van der Waals surface area contributed by atoms with Gasteiger partial charge in [-0.05, 0) is 25.3 Å². The lowest BCUT2D eigenvalue weighted by Crippen LogP contribution is -2.25. The summed E-state index contributed by atoms with van der Waals surface area (Å²) < 4.78 is 2.06. The van der Waals surface area contributed by atoms with E-state index < -0.39 is 6.09 Å². The summed E-state index contributed by atoms with van der Waals surface area (Å²) in [5.41, 5.74) is 3.27. The molecule has 1 aromatic heterocycles. The van der Waals surface area contributed by atoms with Gasteiger partial charge in [-0.25, -0.2) is 4.79 Å². The summed E-state index contributed by atoms with van der Waals surface area (Å²) in [5.74, 6) is 0. The summed E-state index contributed by atoms with van der Waals surface area (Å²) in [4.78, 5) is 12.3. The number of carbonyl (C=O) groups is 1. The molecule has 0 saturated carbocycles. The van der Waals surface area contributed by atoms with Gasteiger partial charge in [0, 0.05) is 24.0 Å². The molecule has 0 unspecified atom stereocenters. The zero-order chi connectivity index (χ0) is 11.8. The van der Waals surface area contributed by atoms with Crippen LogP contribution in [0.25, 0.3) is 6.08 Å². The van der Waals surface area contributed by atoms with Gasteiger partial charge in [0.05, 0.1) is 12.2 Å². The minimum atomic E-state index is -0.902. The van der Waals surface area contributed by atoms with E-state index in [-0.39, 0.29) is 0 Å². The van der Waals surface area contributed by atoms with E-state index in [1.165, 1.54) is 29.9 Å². The van der Waals surface area contributed by atoms with Gasteiger partial charge in [0.2, 0.25) is 0 Å². The molecule has 0 aliphatic carbocycles. The van der Waals surface area contributed by atoms with Crippen molar-refractivity contribution in [1.29, 1.82) is 0 Å². The van der Waals surface area contributed by atoms with Crippen molar-refractivity contribution in [3.05, 3.63) is 23.2 Å². The Morgan fingerprint density at radius 1 is 1.35 bits per heavy atom. The molecule has 2 aliphatic heterocycles. The molecule has 0 atom stereocenters. The van der Waals surface area contributed by atoms with Crippen LogP contribution >= 0.6 is 0 Å². The molecule has 0 aromatic carbocycles. The SMILES string of the molecule is O=C(O)N1C=Cc2nn3c(c2C1)CCCCC3. The van der Waals surface area contributed by atoms with Crippen molar-refractivity contribution in [3.8, 4) is 0 Å². The zero-order valence-electron chi connectivity index (χ0n) is 9.59. The fraction of sp³-hybridized carbons (Fsp3) is 0.500. The minimum absolute atomic E-state index is 0.441. The van der Waals surface area contributed by atoms with Crippen molar-refractivity contribution in [2.75, 3.05) is 0 Å². The maximum absolute atomic E-state index is 11.0. The molecule has 1 N–H and O–H groups in total.